The predicted molar refractivity (Wildman–Crippen MR) is 74.2 cm³/mol. The first kappa shape index (κ1) is 13.7. The number of aliphatic hydroxyl groups is 1. The van der Waals surface area contributed by atoms with Crippen molar-refractivity contribution in [2.24, 2.45) is 5.92 Å². The number of anilines is 2. The van der Waals surface area contributed by atoms with Crippen molar-refractivity contribution < 1.29 is 14.6 Å². The Morgan fingerprint density at radius 1 is 1.53 bits per heavy atom. The van der Waals surface area contributed by atoms with Crippen molar-refractivity contribution in [2.75, 3.05) is 30.8 Å². The van der Waals surface area contributed by atoms with Gasteiger partial charge in [0.1, 0.15) is 0 Å². The molecule has 0 aromatic heterocycles. The van der Waals surface area contributed by atoms with Gasteiger partial charge in [0.05, 0.1) is 18.8 Å². The zero-order chi connectivity index (χ0) is 14.0. The van der Waals surface area contributed by atoms with Crippen LogP contribution in [0.1, 0.15) is 23.7 Å². The van der Waals surface area contributed by atoms with E-state index >= 15 is 0 Å². The molecule has 2 rings (SSSR count). The van der Waals surface area contributed by atoms with E-state index < -0.39 is 5.97 Å². The van der Waals surface area contributed by atoms with Crippen LogP contribution in [0.4, 0.5) is 11.4 Å². The van der Waals surface area contributed by atoms with Crippen LogP contribution in [0.25, 0.3) is 0 Å². The van der Waals surface area contributed by atoms with E-state index in [0.717, 1.165) is 18.7 Å². The van der Waals surface area contributed by atoms with Crippen LogP contribution in [0, 0.1) is 5.92 Å². The molecule has 104 valence electrons. The maximum Gasteiger partial charge on any atom is 0.340 e. The molecular formula is C14H20N2O3. The molecular weight excluding hydrogens is 244 g/mol. The zero-order valence-corrected chi connectivity index (χ0v) is 11.3. The van der Waals surface area contributed by atoms with Gasteiger partial charge in [-0.25, -0.2) is 4.79 Å². The first-order chi connectivity index (χ1) is 9.02. The largest absolute Gasteiger partial charge is 0.465 e. The number of hydrogen-bond donors (Lipinski definition) is 2. The lowest BCUT2D eigenvalue weighted by Crippen LogP contribution is -2.42. The molecule has 0 bridgehead atoms. The van der Waals surface area contributed by atoms with E-state index in [4.69, 9.17) is 10.5 Å². The number of ether oxygens (including phenoxy) is 1. The third-order valence-electron chi connectivity index (χ3n) is 3.73. The quantitative estimate of drug-likeness (QED) is 0.621. The Balaban J connectivity index is 2.24. The molecule has 1 aliphatic rings. The molecule has 0 amide bonds. The van der Waals surface area contributed by atoms with Crippen LogP contribution in [0.15, 0.2) is 18.2 Å². The Morgan fingerprint density at radius 2 is 2.26 bits per heavy atom. The van der Waals surface area contributed by atoms with Gasteiger partial charge >= 0.3 is 5.97 Å². The number of methoxy groups -OCH3 is 1. The number of aliphatic hydroxyl groups excluding tert-OH is 1. The van der Waals surface area contributed by atoms with Gasteiger partial charge in [0, 0.05) is 24.5 Å². The van der Waals surface area contributed by atoms with E-state index in [1.165, 1.54) is 7.11 Å². The van der Waals surface area contributed by atoms with Gasteiger partial charge in [-0.05, 0) is 30.5 Å². The number of benzene rings is 1. The number of nitrogens with two attached hydrogens (primary N) is 1. The first-order valence-electron chi connectivity index (χ1n) is 6.43. The summed E-state index contributed by atoms with van der Waals surface area (Å²) in [5.74, 6) is -0.129. The average Bonchev–Trinajstić information content (AvgIpc) is 2.41. The van der Waals surface area contributed by atoms with Crippen molar-refractivity contribution in [1.82, 2.24) is 0 Å². The van der Waals surface area contributed by atoms with Gasteiger partial charge in [-0.15, -0.1) is 0 Å². The van der Waals surface area contributed by atoms with Crippen LogP contribution in [0.5, 0.6) is 0 Å². The van der Waals surface area contributed by atoms with Crippen LogP contribution in [-0.2, 0) is 4.74 Å². The van der Waals surface area contributed by atoms with E-state index in [-0.39, 0.29) is 6.10 Å². The monoisotopic (exact) mass is 264 g/mol. The Labute approximate surface area is 113 Å². The summed E-state index contributed by atoms with van der Waals surface area (Å²) in [6, 6.07) is 5.29. The number of piperidine rings is 1. The number of rotatable bonds is 2. The second-order valence-corrected chi connectivity index (χ2v) is 5.04. The Kier molecular flexibility index (Phi) is 3.95. The van der Waals surface area contributed by atoms with Gasteiger partial charge in [0.25, 0.3) is 0 Å². The van der Waals surface area contributed by atoms with Crippen LogP contribution in [-0.4, -0.2) is 37.4 Å². The lowest BCUT2D eigenvalue weighted by molar-refractivity contribution is 0.0602. The predicted octanol–water partition coefficient (Wildman–Crippen LogP) is 1.26. The van der Waals surface area contributed by atoms with E-state index in [9.17, 15) is 9.90 Å². The summed E-state index contributed by atoms with van der Waals surface area (Å²) in [7, 11) is 1.33. The van der Waals surface area contributed by atoms with Gasteiger partial charge in [-0.1, -0.05) is 6.92 Å². The minimum Gasteiger partial charge on any atom is -0.465 e. The van der Waals surface area contributed by atoms with E-state index in [1.54, 1.807) is 12.1 Å². The topological polar surface area (TPSA) is 75.8 Å². The Bertz CT molecular complexity index is 476. The SMILES string of the molecule is COC(=O)c1cc(N2CCC(C)C(O)C2)ccc1N. The molecule has 1 aliphatic heterocycles. The second-order valence-electron chi connectivity index (χ2n) is 5.04. The Hall–Kier alpha value is -1.75. The number of nitrogens with zero attached hydrogens (tertiary/aromatic N) is 1. The summed E-state index contributed by atoms with van der Waals surface area (Å²) >= 11 is 0. The summed E-state index contributed by atoms with van der Waals surface area (Å²) in [6.45, 7) is 3.49. The number of carbonyl (C=O) groups excluding carboxylic acids is 1. The van der Waals surface area contributed by atoms with Crippen LogP contribution in [0.2, 0.25) is 0 Å². The van der Waals surface area contributed by atoms with Crippen molar-refractivity contribution in [3.63, 3.8) is 0 Å². The highest BCUT2D eigenvalue weighted by Gasteiger charge is 2.25. The maximum atomic E-state index is 11.6. The van der Waals surface area contributed by atoms with Crippen LogP contribution < -0.4 is 10.6 Å². The van der Waals surface area contributed by atoms with Gasteiger partial charge in [0.15, 0.2) is 0 Å². The molecule has 19 heavy (non-hydrogen) atoms. The normalized spacial score (nSPS) is 23.2. The molecule has 2 unspecified atom stereocenters. The van der Waals surface area contributed by atoms with E-state index in [2.05, 4.69) is 4.90 Å². The molecule has 5 nitrogen and oxygen atoms in total. The third kappa shape index (κ3) is 2.81. The summed E-state index contributed by atoms with van der Waals surface area (Å²) in [5, 5.41) is 9.93. The minimum atomic E-state index is -0.440. The summed E-state index contributed by atoms with van der Waals surface area (Å²) in [5.41, 5.74) is 7.44. The van der Waals surface area contributed by atoms with Gasteiger partial charge < -0.3 is 20.5 Å². The van der Waals surface area contributed by atoms with Gasteiger partial charge in [-0.3, -0.25) is 0 Å². The van der Waals surface area contributed by atoms with Crippen LogP contribution in [0.3, 0.4) is 0 Å². The summed E-state index contributed by atoms with van der Waals surface area (Å²) in [4.78, 5) is 13.7. The van der Waals surface area contributed by atoms with E-state index in [0.29, 0.717) is 23.7 Å². The average molecular weight is 264 g/mol. The highest BCUT2D eigenvalue weighted by molar-refractivity contribution is 5.96. The fraction of sp³-hybridized carbons (Fsp3) is 0.500. The molecule has 0 spiro atoms. The highest BCUT2D eigenvalue weighted by atomic mass is 16.5. The van der Waals surface area contributed by atoms with Crippen molar-refractivity contribution >= 4 is 17.3 Å². The molecule has 1 saturated heterocycles. The molecule has 1 fully saturated rings. The Morgan fingerprint density at radius 3 is 2.89 bits per heavy atom. The molecule has 0 radical (unpaired) electrons. The van der Waals surface area contributed by atoms with E-state index in [1.807, 2.05) is 13.0 Å². The molecule has 3 N–H and O–H groups in total. The van der Waals surface area contributed by atoms with Gasteiger partial charge in [-0.2, -0.15) is 0 Å². The summed E-state index contributed by atoms with van der Waals surface area (Å²) in [6.07, 6.45) is 0.590. The number of carbonyl (C=O) groups is 1. The standard InChI is InChI=1S/C14H20N2O3/c1-9-5-6-16(8-13(9)17)10-3-4-12(15)11(7-10)14(18)19-2/h3-4,7,9,13,17H,5-6,8,15H2,1-2H3. The minimum absolute atomic E-state index is 0.310. The third-order valence-corrected chi connectivity index (χ3v) is 3.73. The highest BCUT2D eigenvalue weighted by Crippen LogP contribution is 2.26. The van der Waals surface area contributed by atoms with Crippen LogP contribution >= 0.6 is 0 Å². The molecule has 2 atom stereocenters. The zero-order valence-electron chi connectivity index (χ0n) is 11.3. The van der Waals surface area contributed by atoms with Crippen molar-refractivity contribution in [3.8, 4) is 0 Å². The van der Waals surface area contributed by atoms with Crippen molar-refractivity contribution in [3.05, 3.63) is 23.8 Å². The molecule has 1 heterocycles. The summed E-state index contributed by atoms with van der Waals surface area (Å²) < 4.78 is 4.71. The maximum absolute atomic E-state index is 11.6. The first-order valence-corrected chi connectivity index (χ1v) is 6.43. The number of esters is 1. The number of hydrogen-bond acceptors (Lipinski definition) is 5. The molecule has 1 aromatic carbocycles. The number of nitrogen functional groups attached to an aromatic ring is 1. The smallest absolute Gasteiger partial charge is 0.340 e. The molecule has 0 aliphatic carbocycles. The fourth-order valence-electron chi connectivity index (χ4n) is 2.31. The molecule has 5 heteroatoms. The van der Waals surface area contributed by atoms with Crippen molar-refractivity contribution in [1.29, 1.82) is 0 Å². The lowest BCUT2D eigenvalue weighted by Gasteiger charge is -2.36. The van der Waals surface area contributed by atoms with Gasteiger partial charge in [0.2, 0.25) is 0 Å². The molecule has 1 aromatic rings. The molecule has 0 saturated carbocycles. The fourth-order valence-corrected chi connectivity index (χ4v) is 2.31. The van der Waals surface area contributed by atoms with Crippen molar-refractivity contribution in [2.45, 2.75) is 19.4 Å². The second kappa shape index (κ2) is 5.48. The number of β-amino-alcohol motifs (C(OH)–C–C–N with tert-alkyl or cyclic N) is 1. The lowest BCUT2D eigenvalue weighted by atomic mass is 9.95.